The first-order valence-electron chi connectivity index (χ1n) is 10.0. The van der Waals surface area contributed by atoms with Gasteiger partial charge in [-0.05, 0) is 42.3 Å². The van der Waals surface area contributed by atoms with Gasteiger partial charge >= 0.3 is 22.2 Å². The third-order valence-corrected chi connectivity index (χ3v) is 5.94. The van der Waals surface area contributed by atoms with Crippen molar-refractivity contribution < 1.29 is 32.0 Å². The van der Waals surface area contributed by atoms with Gasteiger partial charge in [-0.1, -0.05) is 60.2 Å². The molecule has 0 saturated carbocycles. The van der Waals surface area contributed by atoms with Gasteiger partial charge in [0.05, 0.1) is 0 Å². The predicted molar refractivity (Wildman–Crippen MR) is 120 cm³/mol. The molecule has 0 radical (unpaired) electrons. The molecule has 33 heavy (non-hydrogen) atoms. The fourth-order valence-corrected chi connectivity index (χ4v) is 3.83. The fourth-order valence-electron chi connectivity index (χ4n) is 2.90. The molecule has 3 aromatic carbocycles. The molecule has 0 aliphatic rings. The number of aryl methyl sites for hydroxylation is 1. The Hall–Kier alpha value is -3.85. The number of aliphatic carboxylic acids is 1. The Kier molecular flexibility index (Phi) is 7.68. The second-order valence-electron chi connectivity index (χ2n) is 7.30. The van der Waals surface area contributed by atoms with Crippen molar-refractivity contribution in [3.63, 3.8) is 0 Å². The van der Waals surface area contributed by atoms with Gasteiger partial charge in [-0.2, -0.15) is 8.42 Å². The minimum Gasteiger partial charge on any atom is -0.480 e. The lowest BCUT2D eigenvalue weighted by Crippen LogP contribution is -2.42. The Morgan fingerprint density at radius 3 is 2.15 bits per heavy atom. The summed E-state index contributed by atoms with van der Waals surface area (Å²) in [6.45, 7) is 1.86. The standard InChI is InChI=1S/C24H23NO7S/c1-17-7-13-21(14-8-17)33(29,30)32-20-11-9-18(10-12-20)15-22(23(26)27)25-24(28)31-16-19-5-3-2-4-6-19/h2-14,22H,15-16H2,1H3,(H,25,28)(H,26,27)/t22-/m0/s1. The lowest BCUT2D eigenvalue weighted by molar-refractivity contribution is -0.139. The summed E-state index contributed by atoms with van der Waals surface area (Å²) in [5.41, 5.74) is 2.25. The van der Waals surface area contributed by atoms with Crippen LogP contribution in [-0.4, -0.2) is 31.6 Å². The number of carbonyl (C=O) groups is 2. The van der Waals surface area contributed by atoms with Crippen LogP contribution in [0.1, 0.15) is 16.7 Å². The van der Waals surface area contributed by atoms with Crippen LogP contribution in [0.5, 0.6) is 5.75 Å². The lowest BCUT2D eigenvalue weighted by Gasteiger charge is -2.15. The molecule has 172 valence electrons. The summed E-state index contributed by atoms with van der Waals surface area (Å²) < 4.78 is 35.0. The van der Waals surface area contributed by atoms with Gasteiger partial charge in [-0.15, -0.1) is 0 Å². The zero-order valence-corrected chi connectivity index (χ0v) is 18.6. The van der Waals surface area contributed by atoms with E-state index in [0.29, 0.717) is 5.56 Å². The summed E-state index contributed by atoms with van der Waals surface area (Å²) in [5, 5.41) is 11.8. The predicted octanol–water partition coefficient (Wildman–Crippen LogP) is 3.68. The lowest BCUT2D eigenvalue weighted by atomic mass is 10.1. The summed E-state index contributed by atoms with van der Waals surface area (Å²) in [6, 6.07) is 19.9. The molecule has 0 aliphatic carbocycles. The van der Waals surface area contributed by atoms with Crippen LogP contribution in [0.4, 0.5) is 4.79 Å². The monoisotopic (exact) mass is 469 g/mol. The van der Waals surface area contributed by atoms with Crippen LogP contribution in [0.2, 0.25) is 0 Å². The Labute approximate surface area is 191 Å². The summed E-state index contributed by atoms with van der Waals surface area (Å²) in [5.74, 6) is -1.14. The minimum atomic E-state index is -3.99. The fraction of sp³-hybridized carbons (Fsp3) is 0.167. The van der Waals surface area contributed by atoms with Gasteiger partial charge in [0.25, 0.3) is 0 Å². The van der Waals surface area contributed by atoms with Crippen LogP contribution in [0.25, 0.3) is 0 Å². The molecule has 2 N–H and O–H groups in total. The maximum absolute atomic E-state index is 12.4. The van der Waals surface area contributed by atoms with Gasteiger partial charge in [-0.25, -0.2) is 9.59 Å². The van der Waals surface area contributed by atoms with Crippen LogP contribution in [0, 0.1) is 6.92 Å². The number of rotatable bonds is 9. The minimum absolute atomic E-state index is 0.0144. The number of alkyl carbamates (subject to hydrolysis) is 1. The van der Waals surface area contributed by atoms with E-state index in [1.54, 1.807) is 36.4 Å². The summed E-state index contributed by atoms with van der Waals surface area (Å²) in [7, 11) is -3.99. The number of nitrogens with one attached hydrogen (secondary N) is 1. The van der Waals surface area contributed by atoms with Gasteiger partial charge in [0.15, 0.2) is 0 Å². The third-order valence-electron chi connectivity index (χ3n) is 4.68. The van der Waals surface area contributed by atoms with Gasteiger partial charge in [0.2, 0.25) is 0 Å². The zero-order valence-electron chi connectivity index (χ0n) is 17.8. The normalized spacial score (nSPS) is 11.9. The van der Waals surface area contributed by atoms with Crippen molar-refractivity contribution in [3.8, 4) is 5.75 Å². The van der Waals surface area contributed by atoms with E-state index in [2.05, 4.69) is 5.32 Å². The molecule has 0 saturated heterocycles. The van der Waals surface area contributed by atoms with Crippen molar-refractivity contribution in [2.24, 2.45) is 0 Å². The number of ether oxygens (including phenoxy) is 1. The number of hydrogen-bond donors (Lipinski definition) is 2. The van der Waals surface area contributed by atoms with E-state index >= 15 is 0 Å². The Bertz CT molecular complexity index is 1190. The Morgan fingerprint density at radius 2 is 1.55 bits per heavy atom. The summed E-state index contributed by atoms with van der Waals surface area (Å²) >= 11 is 0. The summed E-state index contributed by atoms with van der Waals surface area (Å²) in [4.78, 5) is 23.6. The van der Waals surface area contributed by atoms with E-state index in [4.69, 9.17) is 8.92 Å². The average molecular weight is 470 g/mol. The number of carboxylic acid groups (broad SMARTS) is 1. The van der Waals surface area contributed by atoms with E-state index in [-0.39, 0.29) is 23.7 Å². The smallest absolute Gasteiger partial charge is 0.408 e. The van der Waals surface area contributed by atoms with Crippen LogP contribution >= 0.6 is 0 Å². The molecule has 1 amide bonds. The maximum atomic E-state index is 12.4. The second-order valence-corrected chi connectivity index (χ2v) is 8.84. The SMILES string of the molecule is Cc1ccc(S(=O)(=O)Oc2ccc(C[C@H](NC(=O)OCc3ccccc3)C(=O)O)cc2)cc1. The highest BCUT2D eigenvalue weighted by molar-refractivity contribution is 7.87. The van der Waals surface area contributed by atoms with Crippen molar-refractivity contribution in [1.82, 2.24) is 5.32 Å². The molecule has 0 aliphatic heterocycles. The molecule has 3 aromatic rings. The Morgan fingerprint density at radius 1 is 0.909 bits per heavy atom. The molecule has 0 heterocycles. The highest BCUT2D eigenvalue weighted by atomic mass is 32.2. The van der Waals surface area contributed by atoms with Crippen LogP contribution in [-0.2, 0) is 32.7 Å². The van der Waals surface area contributed by atoms with Gasteiger partial charge in [-0.3, -0.25) is 0 Å². The molecule has 0 fully saturated rings. The first kappa shape index (κ1) is 23.8. The number of benzene rings is 3. The quantitative estimate of drug-likeness (QED) is 0.459. The number of hydrogen-bond acceptors (Lipinski definition) is 6. The first-order chi connectivity index (χ1) is 15.7. The largest absolute Gasteiger partial charge is 0.480 e. The molecule has 3 rings (SSSR count). The molecule has 0 unspecified atom stereocenters. The maximum Gasteiger partial charge on any atom is 0.408 e. The first-order valence-corrected chi connectivity index (χ1v) is 11.4. The van der Waals surface area contributed by atoms with Crippen molar-refractivity contribution in [3.05, 3.63) is 95.6 Å². The van der Waals surface area contributed by atoms with Crippen molar-refractivity contribution in [1.29, 1.82) is 0 Å². The van der Waals surface area contributed by atoms with E-state index < -0.39 is 28.2 Å². The van der Waals surface area contributed by atoms with Crippen molar-refractivity contribution in [2.75, 3.05) is 0 Å². The van der Waals surface area contributed by atoms with Crippen LogP contribution in [0.3, 0.4) is 0 Å². The van der Waals surface area contributed by atoms with Gasteiger partial charge in [0, 0.05) is 6.42 Å². The molecular formula is C24H23NO7S. The summed E-state index contributed by atoms with van der Waals surface area (Å²) in [6.07, 6.45) is -0.879. The van der Waals surface area contributed by atoms with E-state index in [1.807, 2.05) is 13.0 Å². The zero-order chi connectivity index (χ0) is 23.8. The van der Waals surface area contributed by atoms with E-state index in [1.165, 1.54) is 36.4 Å². The van der Waals surface area contributed by atoms with Crippen LogP contribution in [0.15, 0.2) is 83.8 Å². The van der Waals surface area contributed by atoms with Gasteiger partial charge < -0.3 is 19.3 Å². The third kappa shape index (κ3) is 7.08. The second kappa shape index (κ2) is 10.6. The number of carbonyl (C=O) groups excluding carboxylic acids is 1. The van der Waals surface area contributed by atoms with E-state index in [0.717, 1.165) is 11.1 Å². The van der Waals surface area contributed by atoms with E-state index in [9.17, 15) is 23.1 Å². The van der Waals surface area contributed by atoms with Crippen molar-refractivity contribution >= 4 is 22.2 Å². The van der Waals surface area contributed by atoms with Gasteiger partial charge in [0.1, 0.15) is 23.3 Å². The number of amides is 1. The topological polar surface area (TPSA) is 119 Å². The molecule has 0 bridgehead atoms. The molecule has 0 spiro atoms. The molecule has 1 atom stereocenters. The highest BCUT2D eigenvalue weighted by Crippen LogP contribution is 2.20. The van der Waals surface area contributed by atoms with Crippen LogP contribution < -0.4 is 9.50 Å². The average Bonchev–Trinajstić information content (AvgIpc) is 2.79. The molecule has 8 nitrogen and oxygen atoms in total. The highest BCUT2D eigenvalue weighted by Gasteiger charge is 2.22. The Balaban J connectivity index is 1.58. The van der Waals surface area contributed by atoms with Crippen molar-refractivity contribution in [2.45, 2.75) is 30.9 Å². The number of carboxylic acids is 1. The molecule has 0 aromatic heterocycles. The molecule has 9 heteroatoms. The molecular weight excluding hydrogens is 446 g/mol.